The molecule has 2 rings (SSSR count). The van der Waals surface area contributed by atoms with E-state index in [1.165, 1.54) is 0 Å². The molecule has 16 heavy (non-hydrogen) atoms. The highest BCUT2D eigenvalue weighted by Gasteiger charge is 2.14. The van der Waals surface area contributed by atoms with E-state index in [-0.39, 0.29) is 0 Å². The summed E-state index contributed by atoms with van der Waals surface area (Å²) >= 11 is 6.13. The molecule has 0 amide bonds. The predicted octanol–water partition coefficient (Wildman–Crippen LogP) is 2.47. The van der Waals surface area contributed by atoms with Gasteiger partial charge in [-0.3, -0.25) is 0 Å². The van der Waals surface area contributed by atoms with Crippen LogP contribution in [0, 0.1) is 0 Å². The number of rotatable bonds is 2. The largest absolute Gasteiger partial charge is 0.489 e. The van der Waals surface area contributed by atoms with Crippen molar-refractivity contribution in [2.24, 2.45) is 5.73 Å². The standard InChI is InChI=1S/C12H14ClNO2/c13-10-7-9(3-1-4-14)8-11-12(10)16-6-2-5-15-11/h1,3,7-8H,2,4-6,14H2. The average Bonchev–Trinajstić information content (AvgIpc) is 2.51. The predicted molar refractivity (Wildman–Crippen MR) is 65.1 cm³/mol. The Morgan fingerprint density at radius 3 is 2.94 bits per heavy atom. The van der Waals surface area contributed by atoms with Crippen LogP contribution in [-0.4, -0.2) is 19.8 Å². The summed E-state index contributed by atoms with van der Waals surface area (Å²) in [4.78, 5) is 0. The van der Waals surface area contributed by atoms with E-state index in [0.29, 0.717) is 36.3 Å². The van der Waals surface area contributed by atoms with Crippen LogP contribution in [0.3, 0.4) is 0 Å². The summed E-state index contributed by atoms with van der Waals surface area (Å²) in [6, 6.07) is 3.76. The van der Waals surface area contributed by atoms with Crippen molar-refractivity contribution in [3.8, 4) is 11.5 Å². The van der Waals surface area contributed by atoms with Crippen LogP contribution in [0.2, 0.25) is 5.02 Å². The maximum Gasteiger partial charge on any atom is 0.179 e. The van der Waals surface area contributed by atoms with Crippen molar-refractivity contribution in [3.05, 3.63) is 28.8 Å². The third-order valence-corrected chi connectivity index (χ3v) is 2.55. The summed E-state index contributed by atoms with van der Waals surface area (Å²) in [5.41, 5.74) is 6.37. The molecule has 0 aliphatic carbocycles. The van der Waals surface area contributed by atoms with Gasteiger partial charge in [0.2, 0.25) is 0 Å². The molecule has 3 nitrogen and oxygen atoms in total. The second kappa shape index (κ2) is 5.23. The van der Waals surface area contributed by atoms with Crippen LogP contribution in [0.4, 0.5) is 0 Å². The fraction of sp³-hybridized carbons (Fsp3) is 0.333. The fourth-order valence-electron chi connectivity index (χ4n) is 1.55. The molecular formula is C12H14ClNO2. The molecule has 0 atom stereocenters. The summed E-state index contributed by atoms with van der Waals surface area (Å²) in [6.45, 7) is 1.81. The van der Waals surface area contributed by atoms with Gasteiger partial charge in [0.05, 0.1) is 18.2 Å². The van der Waals surface area contributed by atoms with E-state index in [4.69, 9.17) is 26.8 Å². The number of nitrogens with two attached hydrogens (primary N) is 1. The molecule has 1 aliphatic heterocycles. The van der Waals surface area contributed by atoms with Crippen molar-refractivity contribution < 1.29 is 9.47 Å². The number of ether oxygens (including phenoxy) is 2. The van der Waals surface area contributed by atoms with Crippen LogP contribution in [0.5, 0.6) is 11.5 Å². The Kier molecular flexibility index (Phi) is 3.70. The van der Waals surface area contributed by atoms with Crippen LogP contribution >= 0.6 is 11.6 Å². The first-order valence-electron chi connectivity index (χ1n) is 5.27. The molecule has 0 fully saturated rings. The molecule has 1 aromatic rings. The van der Waals surface area contributed by atoms with E-state index >= 15 is 0 Å². The molecule has 1 heterocycles. The first-order valence-corrected chi connectivity index (χ1v) is 5.65. The van der Waals surface area contributed by atoms with Gasteiger partial charge in [0, 0.05) is 13.0 Å². The molecule has 4 heteroatoms. The second-order valence-electron chi connectivity index (χ2n) is 3.52. The number of halogens is 1. The lowest BCUT2D eigenvalue weighted by molar-refractivity contribution is 0.297. The highest BCUT2D eigenvalue weighted by atomic mass is 35.5. The molecular weight excluding hydrogens is 226 g/mol. The average molecular weight is 240 g/mol. The molecule has 0 spiro atoms. The lowest BCUT2D eigenvalue weighted by atomic mass is 10.2. The fourth-order valence-corrected chi connectivity index (χ4v) is 1.82. The molecule has 0 unspecified atom stereocenters. The van der Waals surface area contributed by atoms with E-state index < -0.39 is 0 Å². The van der Waals surface area contributed by atoms with Crippen molar-refractivity contribution in [1.82, 2.24) is 0 Å². The van der Waals surface area contributed by atoms with E-state index in [0.717, 1.165) is 12.0 Å². The summed E-state index contributed by atoms with van der Waals surface area (Å²) in [5, 5.41) is 0.580. The highest BCUT2D eigenvalue weighted by molar-refractivity contribution is 6.32. The van der Waals surface area contributed by atoms with Crippen LogP contribution < -0.4 is 15.2 Å². The molecule has 0 aromatic heterocycles. The van der Waals surface area contributed by atoms with Gasteiger partial charge in [0.1, 0.15) is 0 Å². The molecule has 0 saturated heterocycles. The molecule has 2 N–H and O–H groups in total. The van der Waals surface area contributed by atoms with E-state index in [9.17, 15) is 0 Å². The molecule has 0 saturated carbocycles. The summed E-state index contributed by atoms with van der Waals surface area (Å²) in [5.74, 6) is 1.35. The number of hydrogen-bond acceptors (Lipinski definition) is 3. The van der Waals surface area contributed by atoms with Crippen molar-refractivity contribution in [3.63, 3.8) is 0 Å². The number of benzene rings is 1. The van der Waals surface area contributed by atoms with Crippen molar-refractivity contribution in [2.45, 2.75) is 6.42 Å². The Labute approximate surface area is 99.8 Å². The Hall–Kier alpha value is -1.19. The van der Waals surface area contributed by atoms with Crippen LogP contribution in [0.25, 0.3) is 6.08 Å². The Morgan fingerprint density at radius 2 is 2.12 bits per heavy atom. The minimum Gasteiger partial charge on any atom is -0.489 e. The van der Waals surface area contributed by atoms with Gasteiger partial charge in [-0.2, -0.15) is 0 Å². The van der Waals surface area contributed by atoms with Gasteiger partial charge in [-0.15, -0.1) is 0 Å². The molecule has 1 aliphatic rings. The smallest absolute Gasteiger partial charge is 0.179 e. The maximum absolute atomic E-state index is 6.13. The lowest BCUT2D eigenvalue weighted by Crippen LogP contribution is -1.97. The van der Waals surface area contributed by atoms with E-state index in [1.54, 1.807) is 0 Å². The van der Waals surface area contributed by atoms with Gasteiger partial charge in [-0.1, -0.05) is 23.8 Å². The first-order chi connectivity index (χ1) is 7.81. The quantitative estimate of drug-likeness (QED) is 0.862. The first kappa shape index (κ1) is 11.3. The monoisotopic (exact) mass is 239 g/mol. The van der Waals surface area contributed by atoms with Gasteiger partial charge < -0.3 is 15.2 Å². The van der Waals surface area contributed by atoms with Crippen molar-refractivity contribution in [1.29, 1.82) is 0 Å². The number of hydrogen-bond donors (Lipinski definition) is 1. The Bertz CT molecular complexity index is 404. The second-order valence-corrected chi connectivity index (χ2v) is 3.93. The zero-order valence-electron chi connectivity index (χ0n) is 8.91. The van der Waals surface area contributed by atoms with Crippen LogP contribution in [0.15, 0.2) is 18.2 Å². The zero-order valence-corrected chi connectivity index (χ0v) is 9.67. The third-order valence-electron chi connectivity index (χ3n) is 2.27. The molecule has 1 aromatic carbocycles. The normalized spacial score (nSPS) is 15.1. The zero-order chi connectivity index (χ0) is 11.4. The lowest BCUT2D eigenvalue weighted by Gasteiger charge is -2.09. The minimum absolute atomic E-state index is 0.506. The van der Waals surface area contributed by atoms with Crippen LogP contribution in [0.1, 0.15) is 12.0 Å². The van der Waals surface area contributed by atoms with Gasteiger partial charge in [-0.25, -0.2) is 0 Å². The Balaban J connectivity index is 2.35. The maximum atomic E-state index is 6.13. The van der Waals surface area contributed by atoms with Crippen molar-refractivity contribution in [2.75, 3.05) is 19.8 Å². The highest BCUT2D eigenvalue weighted by Crippen LogP contribution is 2.38. The summed E-state index contributed by atoms with van der Waals surface area (Å²) in [6.07, 6.45) is 4.66. The van der Waals surface area contributed by atoms with Gasteiger partial charge in [-0.05, 0) is 17.7 Å². The number of fused-ring (bicyclic) bond motifs is 1. The SMILES string of the molecule is NCC=Cc1cc(Cl)c2c(c1)OCCCO2. The van der Waals surface area contributed by atoms with Gasteiger partial charge in [0.15, 0.2) is 11.5 Å². The minimum atomic E-state index is 0.506. The van der Waals surface area contributed by atoms with E-state index in [2.05, 4.69) is 0 Å². The summed E-state index contributed by atoms with van der Waals surface area (Å²) < 4.78 is 11.1. The van der Waals surface area contributed by atoms with Crippen LogP contribution in [-0.2, 0) is 0 Å². The Morgan fingerprint density at radius 1 is 1.31 bits per heavy atom. The molecule has 0 bridgehead atoms. The van der Waals surface area contributed by atoms with E-state index in [1.807, 2.05) is 24.3 Å². The summed E-state index contributed by atoms with van der Waals surface area (Å²) in [7, 11) is 0. The molecule has 86 valence electrons. The third kappa shape index (κ3) is 2.49. The molecule has 0 radical (unpaired) electrons. The van der Waals surface area contributed by atoms with Crippen molar-refractivity contribution >= 4 is 17.7 Å². The van der Waals surface area contributed by atoms with Gasteiger partial charge >= 0.3 is 0 Å². The van der Waals surface area contributed by atoms with Gasteiger partial charge in [0.25, 0.3) is 0 Å². The topological polar surface area (TPSA) is 44.5 Å².